The fraction of sp³-hybridized carbons (Fsp3) is 0.250. The Morgan fingerprint density at radius 2 is 2.42 bits per heavy atom. The number of rotatable bonds is 2. The minimum absolute atomic E-state index is 0.143. The lowest BCUT2D eigenvalue weighted by Crippen LogP contribution is -2.10. The number of hydrogen-bond acceptors (Lipinski definition) is 3. The van der Waals surface area contributed by atoms with Crippen LogP contribution in [0.15, 0.2) is 23.3 Å². The molecule has 0 saturated carbocycles. The third kappa shape index (κ3) is 1.86. The van der Waals surface area contributed by atoms with Gasteiger partial charge in [0, 0.05) is 24.2 Å². The molecule has 0 aliphatic carbocycles. The van der Waals surface area contributed by atoms with Crippen molar-refractivity contribution in [3.63, 3.8) is 0 Å². The molecule has 0 fully saturated rings. The van der Waals surface area contributed by atoms with Gasteiger partial charge in [0.05, 0.1) is 12.3 Å². The second kappa shape index (κ2) is 3.58. The first kappa shape index (κ1) is 8.34. The number of nitrogens with zero attached hydrogens (tertiary/aromatic N) is 2. The van der Waals surface area contributed by atoms with Gasteiger partial charge in [0.25, 0.3) is 0 Å². The Bertz CT molecular complexity index is 362. The zero-order chi connectivity index (χ0) is 8.97. The highest BCUT2D eigenvalue weighted by molar-refractivity contribution is 5.10. The van der Waals surface area contributed by atoms with Crippen LogP contribution in [0, 0.1) is 11.3 Å². The van der Waals surface area contributed by atoms with Crippen LogP contribution in [-0.2, 0) is 6.42 Å². The van der Waals surface area contributed by atoms with Gasteiger partial charge < -0.3 is 5.21 Å². The summed E-state index contributed by atoms with van der Waals surface area (Å²) in [6.45, 7) is 0. The number of pyridine rings is 1. The lowest BCUT2D eigenvalue weighted by Gasteiger charge is -1.98. The molecule has 4 nitrogen and oxygen atoms in total. The minimum Gasteiger partial charge on any atom is -0.429 e. The fourth-order valence-corrected chi connectivity index (χ4v) is 0.896. The summed E-state index contributed by atoms with van der Waals surface area (Å²) in [5.74, 6) is 0. The third-order valence-electron chi connectivity index (χ3n) is 1.49. The van der Waals surface area contributed by atoms with Gasteiger partial charge in [-0.15, -0.1) is 0 Å². The molecule has 0 amide bonds. The largest absolute Gasteiger partial charge is 0.429 e. The van der Waals surface area contributed by atoms with E-state index in [1.54, 1.807) is 0 Å². The maximum Gasteiger partial charge on any atom is 0.185 e. The van der Waals surface area contributed by atoms with Gasteiger partial charge in [-0.3, -0.25) is 4.79 Å². The van der Waals surface area contributed by atoms with Crippen LogP contribution in [0.1, 0.15) is 12.0 Å². The van der Waals surface area contributed by atoms with Gasteiger partial charge in [0.15, 0.2) is 5.43 Å². The molecule has 0 unspecified atom stereocenters. The maximum atomic E-state index is 11.0. The van der Waals surface area contributed by atoms with E-state index in [4.69, 9.17) is 10.5 Å². The van der Waals surface area contributed by atoms with Crippen molar-refractivity contribution in [3.05, 3.63) is 34.2 Å². The van der Waals surface area contributed by atoms with Crippen LogP contribution in [0.5, 0.6) is 0 Å². The van der Waals surface area contributed by atoms with E-state index in [0.717, 1.165) is 4.73 Å². The number of aryl methyl sites for hydroxylation is 1. The molecule has 0 aromatic carbocycles. The van der Waals surface area contributed by atoms with E-state index in [1.165, 1.54) is 18.5 Å². The van der Waals surface area contributed by atoms with Crippen molar-refractivity contribution >= 4 is 0 Å². The summed E-state index contributed by atoms with van der Waals surface area (Å²) < 4.78 is 0.814. The Morgan fingerprint density at radius 1 is 1.67 bits per heavy atom. The highest BCUT2D eigenvalue weighted by atomic mass is 16.5. The highest BCUT2D eigenvalue weighted by Crippen LogP contribution is 1.94. The third-order valence-corrected chi connectivity index (χ3v) is 1.49. The number of hydrogen-bond donors (Lipinski definition) is 1. The van der Waals surface area contributed by atoms with Gasteiger partial charge in [0.2, 0.25) is 0 Å². The molecular weight excluding hydrogens is 156 g/mol. The first-order chi connectivity index (χ1) is 5.74. The zero-order valence-electron chi connectivity index (χ0n) is 6.40. The van der Waals surface area contributed by atoms with E-state index in [-0.39, 0.29) is 5.43 Å². The van der Waals surface area contributed by atoms with Crippen molar-refractivity contribution in [2.24, 2.45) is 0 Å². The van der Waals surface area contributed by atoms with Gasteiger partial charge in [-0.05, 0) is 6.42 Å². The molecule has 0 radical (unpaired) electrons. The summed E-state index contributed by atoms with van der Waals surface area (Å²) in [7, 11) is 0. The average molecular weight is 164 g/mol. The summed E-state index contributed by atoms with van der Waals surface area (Å²) in [6.07, 6.45) is 3.26. The van der Waals surface area contributed by atoms with Gasteiger partial charge in [-0.2, -0.15) is 5.26 Å². The Morgan fingerprint density at radius 3 is 3.08 bits per heavy atom. The Kier molecular flexibility index (Phi) is 2.49. The molecule has 0 aliphatic rings. The average Bonchev–Trinajstić information content (AvgIpc) is 2.07. The minimum atomic E-state index is -0.143. The number of nitriles is 1. The normalized spacial score (nSPS) is 9.25. The van der Waals surface area contributed by atoms with Gasteiger partial charge in [0.1, 0.15) is 0 Å². The monoisotopic (exact) mass is 164 g/mol. The molecule has 62 valence electrons. The fourth-order valence-electron chi connectivity index (χ4n) is 0.896. The quantitative estimate of drug-likeness (QED) is 0.649. The van der Waals surface area contributed by atoms with E-state index in [0.29, 0.717) is 18.4 Å². The van der Waals surface area contributed by atoms with Crippen LogP contribution in [-0.4, -0.2) is 9.94 Å². The second-order valence-corrected chi connectivity index (χ2v) is 2.37. The van der Waals surface area contributed by atoms with Gasteiger partial charge >= 0.3 is 0 Å². The lowest BCUT2D eigenvalue weighted by molar-refractivity contribution is 0.183. The zero-order valence-corrected chi connectivity index (χ0v) is 6.40. The summed E-state index contributed by atoms with van der Waals surface area (Å²) in [5.41, 5.74) is 0.317. The van der Waals surface area contributed by atoms with Crippen LogP contribution in [0.3, 0.4) is 0 Å². The summed E-state index contributed by atoms with van der Waals surface area (Å²) in [4.78, 5) is 11.0. The molecule has 1 N–H and O–H groups in total. The van der Waals surface area contributed by atoms with E-state index in [2.05, 4.69) is 0 Å². The first-order valence-corrected chi connectivity index (χ1v) is 3.51. The predicted molar refractivity (Wildman–Crippen MR) is 41.8 cm³/mol. The summed E-state index contributed by atoms with van der Waals surface area (Å²) in [5, 5.41) is 17.2. The SMILES string of the molecule is N#CCCc1cn(O)ccc1=O. The highest BCUT2D eigenvalue weighted by Gasteiger charge is 1.98. The van der Waals surface area contributed by atoms with Crippen molar-refractivity contribution in [2.45, 2.75) is 12.8 Å². The van der Waals surface area contributed by atoms with Crippen molar-refractivity contribution in [1.29, 1.82) is 5.26 Å². The first-order valence-electron chi connectivity index (χ1n) is 3.51. The van der Waals surface area contributed by atoms with Crippen molar-refractivity contribution in [1.82, 2.24) is 4.73 Å². The Balaban J connectivity index is 2.92. The van der Waals surface area contributed by atoms with Crippen LogP contribution >= 0.6 is 0 Å². The van der Waals surface area contributed by atoms with Crippen molar-refractivity contribution in [2.75, 3.05) is 0 Å². The van der Waals surface area contributed by atoms with E-state index < -0.39 is 0 Å². The van der Waals surface area contributed by atoms with Crippen molar-refractivity contribution in [3.8, 4) is 6.07 Å². The molecule has 1 aromatic rings. The van der Waals surface area contributed by atoms with Crippen molar-refractivity contribution < 1.29 is 5.21 Å². The van der Waals surface area contributed by atoms with Crippen LogP contribution in [0.2, 0.25) is 0 Å². The summed E-state index contributed by atoms with van der Waals surface area (Å²) >= 11 is 0. The maximum absolute atomic E-state index is 11.0. The molecule has 1 rings (SSSR count). The Labute approximate surface area is 69.3 Å². The van der Waals surface area contributed by atoms with Gasteiger partial charge in [-0.25, -0.2) is 4.73 Å². The van der Waals surface area contributed by atoms with E-state index in [1.807, 2.05) is 6.07 Å². The van der Waals surface area contributed by atoms with Crippen LogP contribution < -0.4 is 5.43 Å². The molecular formula is C8H8N2O2. The molecule has 0 aliphatic heterocycles. The van der Waals surface area contributed by atoms with Crippen LogP contribution in [0.25, 0.3) is 0 Å². The topological polar surface area (TPSA) is 66.0 Å². The number of aromatic nitrogens is 1. The lowest BCUT2D eigenvalue weighted by atomic mass is 10.2. The van der Waals surface area contributed by atoms with E-state index in [9.17, 15) is 4.79 Å². The molecule has 12 heavy (non-hydrogen) atoms. The molecule has 0 atom stereocenters. The summed E-state index contributed by atoms with van der Waals surface area (Å²) in [6, 6.07) is 3.20. The predicted octanol–water partition coefficient (Wildman–Crippen LogP) is 0.542. The smallest absolute Gasteiger partial charge is 0.185 e. The molecule has 1 heterocycles. The molecule has 0 saturated heterocycles. The molecule has 0 bridgehead atoms. The standard InChI is InChI=1S/C8H8N2O2/c9-4-1-2-7-6-10(12)5-3-8(7)11/h3,5-6,12H,1-2H2. The molecule has 4 heteroatoms. The molecule has 1 aromatic heterocycles. The molecule has 0 spiro atoms. The Hall–Kier alpha value is -1.76. The van der Waals surface area contributed by atoms with Gasteiger partial charge in [-0.1, -0.05) is 0 Å². The second-order valence-electron chi connectivity index (χ2n) is 2.37. The van der Waals surface area contributed by atoms with E-state index >= 15 is 0 Å². The van der Waals surface area contributed by atoms with Crippen LogP contribution in [0.4, 0.5) is 0 Å².